The van der Waals surface area contributed by atoms with Crippen LogP contribution in [0.25, 0.3) is 0 Å². The van der Waals surface area contributed by atoms with Crippen LogP contribution >= 0.6 is 0 Å². The number of phenolic OH excluding ortho intramolecular Hbond substituents is 1. The van der Waals surface area contributed by atoms with E-state index in [1.807, 2.05) is 6.07 Å². The summed E-state index contributed by atoms with van der Waals surface area (Å²) >= 11 is 0. The summed E-state index contributed by atoms with van der Waals surface area (Å²) in [6, 6.07) is 8.19. The van der Waals surface area contributed by atoms with Crippen LogP contribution in [-0.4, -0.2) is 29.1 Å². The molecule has 1 heterocycles. The van der Waals surface area contributed by atoms with Crippen molar-refractivity contribution in [3.05, 3.63) is 53.9 Å². The molecule has 2 rings (SSSR count). The van der Waals surface area contributed by atoms with Crippen molar-refractivity contribution >= 4 is 17.6 Å². The number of aryl methyl sites for hydroxylation is 1. The molecule has 1 aromatic heterocycles. The number of methoxy groups -OCH3 is 1. The van der Waals surface area contributed by atoms with Gasteiger partial charge >= 0.3 is 5.97 Å². The zero-order valence-corrected chi connectivity index (χ0v) is 12.1. The van der Waals surface area contributed by atoms with E-state index in [0.29, 0.717) is 6.42 Å². The highest BCUT2D eigenvalue weighted by atomic mass is 16.5. The number of aromatic hydroxyl groups is 1. The van der Waals surface area contributed by atoms with Crippen LogP contribution in [0.3, 0.4) is 0 Å². The number of carbonyl (C=O) groups excluding carboxylic acids is 2. The lowest BCUT2D eigenvalue weighted by Crippen LogP contribution is -2.13. The van der Waals surface area contributed by atoms with Gasteiger partial charge in [-0.1, -0.05) is 12.1 Å². The van der Waals surface area contributed by atoms with E-state index in [0.717, 1.165) is 5.56 Å². The molecule has 1 amide bonds. The number of anilines is 1. The number of pyridine rings is 1. The van der Waals surface area contributed by atoms with E-state index in [-0.39, 0.29) is 29.3 Å². The minimum atomic E-state index is -0.663. The third-order valence-corrected chi connectivity index (χ3v) is 3.08. The quantitative estimate of drug-likeness (QED) is 0.652. The molecule has 22 heavy (non-hydrogen) atoms. The molecule has 0 atom stereocenters. The van der Waals surface area contributed by atoms with E-state index in [2.05, 4.69) is 15.0 Å². The minimum absolute atomic E-state index is 0.00700. The van der Waals surface area contributed by atoms with Gasteiger partial charge in [-0.25, -0.2) is 4.79 Å². The molecule has 2 N–H and O–H groups in total. The lowest BCUT2D eigenvalue weighted by molar-refractivity contribution is -0.116. The molecule has 0 saturated carbocycles. The second kappa shape index (κ2) is 7.21. The molecule has 0 fully saturated rings. The summed E-state index contributed by atoms with van der Waals surface area (Å²) < 4.78 is 4.56. The van der Waals surface area contributed by atoms with E-state index in [9.17, 15) is 14.7 Å². The average molecular weight is 300 g/mol. The molecule has 0 spiro atoms. The molecule has 0 saturated heterocycles. The number of carbonyl (C=O) groups is 2. The Balaban J connectivity index is 2.01. The van der Waals surface area contributed by atoms with Gasteiger partial charge in [-0.3, -0.25) is 9.78 Å². The van der Waals surface area contributed by atoms with Crippen LogP contribution in [0, 0.1) is 0 Å². The third-order valence-electron chi connectivity index (χ3n) is 3.08. The number of nitrogens with zero attached hydrogens (tertiary/aromatic N) is 1. The molecule has 114 valence electrons. The van der Waals surface area contributed by atoms with Crippen LogP contribution in [0.5, 0.6) is 5.75 Å². The topological polar surface area (TPSA) is 88.5 Å². The first-order valence-electron chi connectivity index (χ1n) is 6.71. The fourth-order valence-electron chi connectivity index (χ4n) is 1.94. The summed E-state index contributed by atoms with van der Waals surface area (Å²) in [6.45, 7) is 0. The fraction of sp³-hybridized carbons (Fsp3) is 0.188. The Labute approximate surface area is 127 Å². The number of rotatable bonds is 5. The van der Waals surface area contributed by atoms with E-state index in [1.54, 1.807) is 24.5 Å². The SMILES string of the molecule is COC(=O)c1cccc(NC(=O)CCc2cccnc2)c1O. The lowest BCUT2D eigenvalue weighted by atomic mass is 10.1. The molecule has 6 heteroatoms. The monoisotopic (exact) mass is 300 g/mol. The lowest BCUT2D eigenvalue weighted by Gasteiger charge is -2.10. The molecular formula is C16H16N2O4. The number of ether oxygens (including phenoxy) is 1. The first kappa shape index (κ1) is 15.5. The van der Waals surface area contributed by atoms with Crippen molar-refractivity contribution in [2.75, 3.05) is 12.4 Å². The third kappa shape index (κ3) is 3.82. The van der Waals surface area contributed by atoms with Crippen molar-refractivity contribution in [3.63, 3.8) is 0 Å². The summed E-state index contributed by atoms with van der Waals surface area (Å²) in [7, 11) is 1.22. The van der Waals surface area contributed by atoms with Gasteiger partial charge in [-0.05, 0) is 30.2 Å². The fourth-order valence-corrected chi connectivity index (χ4v) is 1.94. The predicted octanol–water partition coefficient (Wildman–Crippen LogP) is 2.15. The number of esters is 1. The standard InChI is InChI=1S/C16H16N2O4/c1-22-16(21)12-5-2-6-13(15(12)20)18-14(19)8-7-11-4-3-9-17-10-11/h2-6,9-10,20H,7-8H2,1H3,(H,18,19). The van der Waals surface area contributed by atoms with Crippen LogP contribution in [0.2, 0.25) is 0 Å². The minimum Gasteiger partial charge on any atom is -0.505 e. The highest BCUT2D eigenvalue weighted by Crippen LogP contribution is 2.28. The second-order valence-corrected chi connectivity index (χ2v) is 4.60. The summed E-state index contributed by atoms with van der Waals surface area (Å²) in [5, 5.41) is 12.6. The van der Waals surface area contributed by atoms with Gasteiger partial charge in [0, 0.05) is 18.8 Å². The first-order chi connectivity index (χ1) is 10.6. The van der Waals surface area contributed by atoms with Crippen LogP contribution < -0.4 is 5.32 Å². The Morgan fingerprint density at radius 2 is 2.09 bits per heavy atom. The number of amides is 1. The van der Waals surface area contributed by atoms with Gasteiger partial charge in [0.05, 0.1) is 12.8 Å². The van der Waals surface area contributed by atoms with Gasteiger partial charge in [0.1, 0.15) is 5.56 Å². The summed E-state index contributed by atoms with van der Waals surface area (Å²) in [4.78, 5) is 27.4. The number of hydrogen-bond donors (Lipinski definition) is 2. The first-order valence-corrected chi connectivity index (χ1v) is 6.71. The number of benzene rings is 1. The summed E-state index contributed by atoms with van der Waals surface area (Å²) in [6.07, 6.45) is 4.15. The zero-order valence-electron chi connectivity index (χ0n) is 12.1. The Bertz CT molecular complexity index is 671. The van der Waals surface area contributed by atoms with Crippen LogP contribution in [0.4, 0.5) is 5.69 Å². The Morgan fingerprint density at radius 3 is 2.77 bits per heavy atom. The van der Waals surface area contributed by atoms with Gasteiger partial charge in [-0.15, -0.1) is 0 Å². The number of phenols is 1. The van der Waals surface area contributed by atoms with Crippen LogP contribution in [-0.2, 0) is 16.0 Å². The normalized spacial score (nSPS) is 10.0. The maximum Gasteiger partial charge on any atom is 0.341 e. The molecule has 0 radical (unpaired) electrons. The van der Waals surface area contributed by atoms with E-state index in [1.165, 1.54) is 19.2 Å². The molecule has 1 aromatic carbocycles. The van der Waals surface area contributed by atoms with Crippen LogP contribution in [0.1, 0.15) is 22.3 Å². The molecule has 0 aliphatic rings. The maximum atomic E-state index is 11.9. The Kier molecular flexibility index (Phi) is 5.08. The number of aromatic nitrogens is 1. The second-order valence-electron chi connectivity index (χ2n) is 4.60. The zero-order chi connectivity index (χ0) is 15.9. The van der Waals surface area contributed by atoms with Gasteiger partial charge in [-0.2, -0.15) is 0 Å². The number of para-hydroxylation sites is 1. The molecule has 0 aliphatic heterocycles. The highest BCUT2D eigenvalue weighted by Gasteiger charge is 2.15. The molecule has 6 nitrogen and oxygen atoms in total. The summed E-state index contributed by atoms with van der Waals surface area (Å²) in [5.41, 5.74) is 1.14. The highest BCUT2D eigenvalue weighted by molar-refractivity contribution is 5.98. The number of hydrogen-bond acceptors (Lipinski definition) is 5. The van der Waals surface area contributed by atoms with Gasteiger partial charge in [0.25, 0.3) is 0 Å². The largest absolute Gasteiger partial charge is 0.505 e. The molecule has 0 aliphatic carbocycles. The van der Waals surface area contributed by atoms with Crippen molar-refractivity contribution in [1.82, 2.24) is 4.98 Å². The molecule has 2 aromatic rings. The van der Waals surface area contributed by atoms with E-state index >= 15 is 0 Å². The van der Waals surface area contributed by atoms with Gasteiger partial charge in [0.2, 0.25) is 5.91 Å². The maximum absolute atomic E-state index is 11.9. The smallest absolute Gasteiger partial charge is 0.341 e. The van der Waals surface area contributed by atoms with Crippen molar-refractivity contribution in [1.29, 1.82) is 0 Å². The molecular weight excluding hydrogens is 284 g/mol. The Hall–Kier alpha value is -2.89. The Morgan fingerprint density at radius 1 is 1.27 bits per heavy atom. The van der Waals surface area contributed by atoms with Crippen molar-refractivity contribution in [3.8, 4) is 5.75 Å². The molecule has 0 bridgehead atoms. The van der Waals surface area contributed by atoms with Gasteiger partial charge < -0.3 is 15.2 Å². The summed E-state index contributed by atoms with van der Waals surface area (Å²) in [5.74, 6) is -1.23. The van der Waals surface area contributed by atoms with Crippen LogP contribution in [0.15, 0.2) is 42.7 Å². The predicted molar refractivity (Wildman–Crippen MR) is 80.6 cm³/mol. The average Bonchev–Trinajstić information content (AvgIpc) is 2.55. The van der Waals surface area contributed by atoms with E-state index in [4.69, 9.17) is 0 Å². The number of nitrogens with one attached hydrogen (secondary N) is 1. The molecule has 0 unspecified atom stereocenters. The van der Waals surface area contributed by atoms with E-state index < -0.39 is 5.97 Å². The van der Waals surface area contributed by atoms with Crippen molar-refractivity contribution in [2.24, 2.45) is 0 Å². The van der Waals surface area contributed by atoms with Crippen molar-refractivity contribution in [2.45, 2.75) is 12.8 Å². The van der Waals surface area contributed by atoms with Gasteiger partial charge in [0.15, 0.2) is 5.75 Å². The van der Waals surface area contributed by atoms with Crippen molar-refractivity contribution < 1.29 is 19.4 Å².